The lowest BCUT2D eigenvalue weighted by molar-refractivity contribution is -0.128. The Morgan fingerprint density at radius 1 is 1.12 bits per heavy atom. The first-order valence-electron chi connectivity index (χ1n) is 11.2. The summed E-state index contributed by atoms with van der Waals surface area (Å²) in [6, 6.07) is 13.8. The van der Waals surface area contributed by atoms with Gasteiger partial charge in [0.1, 0.15) is 0 Å². The summed E-state index contributed by atoms with van der Waals surface area (Å²) >= 11 is 0. The molecule has 2 aromatic carbocycles. The van der Waals surface area contributed by atoms with Crippen molar-refractivity contribution in [3.05, 3.63) is 54.1 Å². The molecule has 0 radical (unpaired) electrons. The fourth-order valence-electron chi connectivity index (χ4n) is 4.34. The number of amides is 2. The second-order valence-electron chi connectivity index (χ2n) is 8.42. The van der Waals surface area contributed by atoms with Gasteiger partial charge < -0.3 is 10.2 Å². The minimum atomic E-state index is -3.69. The molecule has 1 unspecified atom stereocenters. The summed E-state index contributed by atoms with van der Waals surface area (Å²) in [7, 11) is -3.69. The fourth-order valence-corrected chi connectivity index (χ4v) is 5.88. The zero-order valence-corrected chi connectivity index (χ0v) is 19.1. The highest BCUT2D eigenvalue weighted by Gasteiger charge is 2.34. The van der Waals surface area contributed by atoms with Crippen LogP contribution < -0.4 is 9.62 Å². The number of hydrogen-bond acceptors (Lipinski definition) is 4. The van der Waals surface area contributed by atoms with Crippen LogP contribution in [0.3, 0.4) is 0 Å². The van der Waals surface area contributed by atoms with Gasteiger partial charge in [0.2, 0.25) is 11.8 Å². The third-order valence-electron chi connectivity index (χ3n) is 6.14. The number of aryl methyl sites for hydroxylation is 1. The smallest absolute Gasteiger partial charge is 0.264 e. The molecule has 1 saturated heterocycles. The van der Waals surface area contributed by atoms with Crippen molar-refractivity contribution in [3.8, 4) is 0 Å². The molecule has 2 amide bonds. The van der Waals surface area contributed by atoms with E-state index >= 15 is 0 Å². The summed E-state index contributed by atoms with van der Waals surface area (Å²) in [6.45, 7) is 3.64. The first-order chi connectivity index (χ1) is 15.4. The molecule has 1 N–H and O–H groups in total. The number of anilines is 2. The van der Waals surface area contributed by atoms with Crippen LogP contribution in [0.25, 0.3) is 0 Å². The quantitative estimate of drug-likeness (QED) is 0.693. The number of rotatable bonds is 7. The van der Waals surface area contributed by atoms with Crippen molar-refractivity contribution in [1.29, 1.82) is 0 Å². The largest absolute Gasteiger partial charge is 0.342 e. The number of sulfonamides is 1. The standard InChI is InChI=1S/C24H29N3O4S/c1-2-3-14-26-17-19(16-23(26)28)24(29)25-20-10-12-21(13-11-20)32(30,31)27-15-6-8-18-7-4-5-9-22(18)27/h4-5,7,9-13,19H,2-3,6,8,14-17H2,1H3,(H,25,29). The Morgan fingerprint density at radius 2 is 1.88 bits per heavy atom. The molecule has 2 heterocycles. The maximum atomic E-state index is 13.2. The molecule has 7 nitrogen and oxygen atoms in total. The number of unbranched alkanes of at least 4 members (excludes halogenated alkanes) is 1. The number of fused-ring (bicyclic) bond motifs is 1. The van der Waals surface area contributed by atoms with E-state index in [2.05, 4.69) is 12.2 Å². The Morgan fingerprint density at radius 3 is 2.62 bits per heavy atom. The molecule has 8 heteroatoms. The Labute approximate surface area is 189 Å². The van der Waals surface area contributed by atoms with Gasteiger partial charge in [-0.25, -0.2) is 8.42 Å². The SMILES string of the molecule is CCCCN1CC(C(=O)Nc2ccc(S(=O)(=O)N3CCCc4ccccc43)cc2)CC1=O. The molecular weight excluding hydrogens is 426 g/mol. The van der Waals surface area contributed by atoms with Crippen LogP contribution in [0, 0.1) is 5.92 Å². The first-order valence-corrected chi connectivity index (χ1v) is 12.6. The Kier molecular flexibility index (Phi) is 6.50. The second-order valence-corrected chi connectivity index (χ2v) is 10.3. The van der Waals surface area contributed by atoms with Gasteiger partial charge in [-0.1, -0.05) is 31.5 Å². The lowest BCUT2D eigenvalue weighted by Gasteiger charge is -2.30. The zero-order valence-electron chi connectivity index (χ0n) is 18.3. The summed E-state index contributed by atoms with van der Waals surface area (Å²) in [5.74, 6) is -0.576. The van der Waals surface area contributed by atoms with Crippen molar-refractivity contribution in [1.82, 2.24) is 4.90 Å². The maximum Gasteiger partial charge on any atom is 0.264 e. The average molecular weight is 456 g/mol. The molecule has 1 atom stereocenters. The van der Waals surface area contributed by atoms with Crippen molar-refractivity contribution in [3.63, 3.8) is 0 Å². The van der Waals surface area contributed by atoms with Gasteiger partial charge in [-0.15, -0.1) is 0 Å². The van der Waals surface area contributed by atoms with E-state index in [4.69, 9.17) is 0 Å². The number of carbonyl (C=O) groups is 2. The molecule has 0 aromatic heterocycles. The van der Waals surface area contributed by atoms with Gasteiger partial charge in [0.15, 0.2) is 0 Å². The molecule has 2 aliphatic heterocycles. The Bertz CT molecular complexity index is 1100. The monoisotopic (exact) mass is 455 g/mol. The van der Waals surface area contributed by atoms with Crippen LogP contribution in [-0.2, 0) is 26.0 Å². The maximum absolute atomic E-state index is 13.2. The zero-order chi connectivity index (χ0) is 22.7. The fraction of sp³-hybridized carbons (Fsp3) is 0.417. The molecule has 32 heavy (non-hydrogen) atoms. The number of hydrogen-bond donors (Lipinski definition) is 1. The number of carbonyl (C=O) groups excluding carboxylic acids is 2. The van der Waals surface area contributed by atoms with Gasteiger partial charge in [-0.2, -0.15) is 0 Å². The topological polar surface area (TPSA) is 86.8 Å². The highest BCUT2D eigenvalue weighted by molar-refractivity contribution is 7.92. The van der Waals surface area contributed by atoms with Crippen molar-refractivity contribution in [2.45, 2.75) is 43.9 Å². The number of para-hydroxylation sites is 1. The van der Waals surface area contributed by atoms with Crippen molar-refractivity contribution >= 4 is 33.2 Å². The molecule has 0 spiro atoms. The van der Waals surface area contributed by atoms with E-state index in [9.17, 15) is 18.0 Å². The van der Waals surface area contributed by atoms with Crippen molar-refractivity contribution in [2.75, 3.05) is 29.3 Å². The highest BCUT2D eigenvalue weighted by atomic mass is 32.2. The molecule has 2 aromatic rings. The van der Waals surface area contributed by atoms with Crippen LogP contribution in [0.15, 0.2) is 53.4 Å². The van der Waals surface area contributed by atoms with E-state index < -0.39 is 10.0 Å². The lowest BCUT2D eigenvalue weighted by Crippen LogP contribution is -2.35. The molecule has 2 aliphatic rings. The van der Waals surface area contributed by atoms with Crippen LogP contribution in [0.1, 0.15) is 38.2 Å². The molecular formula is C24H29N3O4S. The first kappa shape index (κ1) is 22.3. The third kappa shape index (κ3) is 4.50. The van der Waals surface area contributed by atoms with Gasteiger partial charge in [0.05, 0.1) is 16.5 Å². The third-order valence-corrected chi connectivity index (χ3v) is 7.97. The Balaban J connectivity index is 1.44. The highest BCUT2D eigenvalue weighted by Crippen LogP contribution is 2.32. The van der Waals surface area contributed by atoms with E-state index in [1.165, 1.54) is 16.4 Å². The van der Waals surface area contributed by atoms with Crippen LogP contribution in [0.4, 0.5) is 11.4 Å². The summed E-state index contributed by atoms with van der Waals surface area (Å²) in [4.78, 5) is 26.7. The molecule has 0 saturated carbocycles. The minimum absolute atomic E-state index is 0.0156. The average Bonchev–Trinajstić information content (AvgIpc) is 3.18. The van der Waals surface area contributed by atoms with Crippen molar-refractivity contribution in [2.24, 2.45) is 5.92 Å². The normalized spacial score (nSPS) is 18.5. The van der Waals surface area contributed by atoms with E-state index in [1.54, 1.807) is 17.0 Å². The van der Waals surface area contributed by atoms with E-state index in [0.29, 0.717) is 25.3 Å². The minimum Gasteiger partial charge on any atom is -0.342 e. The summed E-state index contributed by atoms with van der Waals surface area (Å²) in [5, 5.41) is 2.83. The second kappa shape index (κ2) is 9.32. The predicted molar refractivity (Wildman–Crippen MR) is 124 cm³/mol. The Hall–Kier alpha value is -2.87. The summed E-state index contributed by atoms with van der Waals surface area (Å²) in [5.41, 5.74) is 2.28. The van der Waals surface area contributed by atoms with E-state index in [0.717, 1.165) is 36.9 Å². The molecule has 170 valence electrons. The van der Waals surface area contributed by atoms with Crippen molar-refractivity contribution < 1.29 is 18.0 Å². The number of nitrogens with one attached hydrogen (secondary N) is 1. The van der Waals surface area contributed by atoms with Crippen LogP contribution in [0.5, 0.6) is 0 Å². The summed E-state index contributed by atoms with van der Waals surface area (Å²) < 4.78 is 28.0. The number of nitrogens with zero attached hydrogens (tertiary/aromatic N) is 2. The lowest BCUT2D eigenvalue weighted by atomic mass is 10.0. The van der Waals surface area contributed by atoms with Crippen LogP contribution >= 0.6 is 0 Å². The van der Waals surface area contributed by atoms with E-state index in [1.807, 2.05) is 24.3 Å². The predicted octanol–water partition coefficient (Wildman–Crippen LogP) is 3.42. The number of likely N-dealkylation sites (tertiary alicyclic amines) is 1. The van der Waals surface area contributed by atoms with Crippen LogP contribution in [0.2, 0.25) is 0 Å². The van der Waals surface area contributed by atoms with Gasteiger partial charge in [-0.05, 0) is 55.2 Å². The summed E-state index contributed by atoms with van der Waals surface area (Å²) in [6.07, 6.45) is 3.79. The molecule has 4 rings (SSSR count). The van der Waals surface area contributed by atoms with Gasteiger partial charge >= 0.3 is 0 Å². The molecule has 1 fully saturated rings. The van der Waals surface area contributed by atoms with Crippen LogP contribution in [-0.4, -0.2) is 44.8 Å². The molecule has 0 aliphatic carbocycles. The van der Waals surface area contributed by atoms with Gasteiger partial charge in [0.25, 0.3) is 10.0 Å². The van der Waals surface area contributed by atoms with Gasteiger partial charge in [-0.3, -0.25) is 13.9 Å². The van der Waals surface area contributed by atoms with Gasteiger partial charge in [0, 0.05) is 31.7 Å². The van der Waals surface area contributed by atoms with E-state index in [-0.39, 0.29) is 29.0 Å². The number of benzene rings is 2. The molecule has 0 bridgehead atoms.